The molecule has 2 heterocycles. The highest BCUT2D eigenvalue weighted by Crippen LogP contribution is 2.54. The number of aromatic nitrogens is 5. The van der Waals surface area contributed by atoms with Crippen LogP contribution >= 0.6 is 0 Å². The smallest absolute Gasteiger partial charge is 0.350 e. The quantitative estimate of drug-likeness (QED) is 0.320. The van der Waals surface area contributed by atoms with Crippen LogP contribution in [0.25, 0.3) is 11.4 Å². The number of halogens is 2. The van der Waals surface area contributed by atoms with E-state index < -0.39 is 6.55 Å². The highest BCUT2D eigenvalue weighted by Gasteiger charge is 2.41. The van der Waals surface area contributed by atoms with E-state index in [0.29, 0.717) is 17.0 Å². The van der Waals surface area contributed by atoms with Gasteiger partial charge >= 0.3 is 6.55 Å². The Morgan fingerprint density at radius 1 is 0.971 bits per heavy atom. The second-order valence-corrected chi connectivity index (χ2v) is 8.95. The monoisotopic (exact) mass is 461 g/mol. The summed E-state index contributed by atoms with van der Waals surface area (Å²) in [7, 11) is 0. The summed E-state index contributed by atoms with van der Waals surface area (Å²) >= 11 is 0. The van der Waals surface area contributed by atoms with Gasteiger partial charge in [0.25, 0.3) is 0 Å². The summed E-state index contributed by atoms with van der Waals surface area (Å²) in [4.78, 5) is 4.61. The number of alkyl halides is 2. The highest BCUT2D eigenvalue weighted by atomic mass is 19.3. The van der Waals surface area contributed by atoms with E-state index >= 15 is 0 Å². The third-order valence-corrected chi connectivity index (χ3v) is 6.62. The molecule has 174 valence electrons. The second-order valence-electron chi connectivity index (χ2n) is 8.95. The molecule has 34 heavy (non-hydrogen) atoms. The fourth-order valence-corrected chi connectivity index (χ4v) is 4.67. The van der Waals surface area contributed by atoms with Gasteiger partial charge in [0.15, 0.2) is 0 Å². The van der Waals surface area contributed by atoms with Gasteiger partial charge in [-0.1, -0.05) is 60.6 Å². The predicted octanol–water partition coefficient (Wildman–Crippen LogP) is 6.03. The molecule has 0 radical (unpaired) electrons. The molecule has 2 aromatic heterocycles. The van der Waals surface area contributed by atoms with Gasteiger partial charge in [0.1, 0.15) is 12.4 Å². The van der Waals surface area contributed by atoms with Crippen LogP contribution in [0.15, 0.2) is 72.9 Å². The molecule has 5 rings (SSSR count). The van der Waals surface area contributed by atoms with Gasteiger partial charge in [0, 0.05) is 17.7 Å². The summed E-state index contributed by atoms with van der Waals surface area (Å²) in [6, 6.07) is 21.9. The molecule has 4 aromatic rings. The van der Waals surface area contributed by atoms with Gasteiger partial charge in [-0.15, -0.1) is 10.2 Å². The number of tetrazole rings is 1. The molecule has 0 spiro atoms. The molecule has 0 bridgehead atoms. The number of rotatable bonds is 8. The molecule has 0 amide bonds. The van der Waals surface area contributed by atoms with E-state index in [1.54, 1.807) is 6.20 Å². The van der Waals surface area contributed by atoms with Gasteiger partial charge in [-0.2, -0.15) is 8.78 Å². The second kappa shape index (κ2) is 9.29. The molecular weight excluding hydrogens is 436 g/mol. The van der Waals surface area contributed by atoms with Crippen LogP contribution in [0.2, 0.25) is 0 Å². The van der Waals surface area contributed by atoms with Gasteiger partial charge in [0.05, 0.1) is 5.69 Å². The fourth-order valence-electron chi connectivity index (χ4n) is 4.67. The molecule has 8 heteroatoms. The van der Waals surface area contributed by atoms with E-state index in [2.05, 4.69) is 39.5 Å². The largest absolute Gasteiger partial charge is 0.487 e. The first-order chi connectivity index (χ1) is 16.5. The lowest BCUT2D eigenvalue weighted by molar-refractivity contribution is 0.0397. The maximum Gasteiger partial charge on any atom is 0.350 e. The molecule has 0 saturated heterocycles. The zero-order chi connectivity index (χ0) is 23.5. The Hall–Kier alpha value is -3.68. The molecule has 1 saturated carbocycles. The van der Waals surface area contributed by atoms with Crippen molar-refractivity contribution in [3.05, 3.63) is 89.7 Å². The van der Waals surface area contributed by atoms with Crippen molar-refractivity contribution in [1.82, 2.24) is 25.2 Å². The van der Waals surface area contributed by atoms with Crippen molar-refractivity contribution in [3.63, 3.8) is 0 Å². The number of nitrogens with zero attached hydrogens (tertiary/aromatic N) is 5. The van der Waals surface area contributed by atoms with E-state index in [0.717, 1.165) is 24.3 Å². The molecule has 1 aliphatic carbocycles. The summed E-state index contributed by atoms with van der Waals surface area (Å²) in [5.74, 6) is 1.20. The topological polar surface area (TPSA) is 65.7 Å². The first kappa shape index (κ1) is 22.1. The first-order valence-electron chi connectivity index (χ1n) is 11.3. The number of pyridine rings is 1. The van der Waals surface area contributed by atoms with E-state index in [9.17, 15) is 8.78 Å². The van der Waals surface area contributed by atoms with Crippen LogP contribution in [-0.2, 0) is 6.61 Å². The van der Waals surface area contributed by atoms with Gasteiger partial charge in [-0.25, -0.2) is 0 Å². The molecule has 1 fully saturated rings. The number of ether oxygens (including phenoxy) is 1. The number of benzene rings is 2. The van der Waals surface area contributed by atoms with E-state index in [4.69, 9.17) is 4.74 Å². The normalized spacial score (nSPS) is 15.6. The molecule has 6 nitrogen and oxygen atoms in total. The molecule has 0 aliphatic heterocycles. The highest BCUT2D eigenvalue weighted by molar-refractivity contribution is 5.55. The molecule has 0 N–H and O–H groups in total. The van der Waals surface area contributed by atoms with Gasteiger partial charge in [-0.3, -0.25) is 4.98 Å². The first-order valence-corrected chi connectivity index (χ1v) is 11.3. The van der Waals surface area contributed by atoms with Gasteiger partial charge in [0.2, 0.25) is 5.82 Å². The predicted molar refractivity (Wildman–Crippen MR) is 123 cm³/mol. The maximum absolute atomic E-state index is 12.8. The molecule has 2 aromatic carbocycles. The SMILES string of the molecule is CC1(C(c2ccc(OCc3ccccn3)cc2)c2ccc(-c3nnn(C(F)F)n3)cc2)CCC1. The summed E-state index contributed by atoms with van der Waals surface area (Å²) in [6.07, 6.45) is 5.29. The molecular formula is C26H25F2N5O. The molecule has 1 aliphatic rings. The van der Waals surface area contributed by atoms with Crippen LogP contribution in [0.3, 0.4) is 0 Å². The number of hydrogen-bond acceptors (Lipinski definition) is 5. The lowest BCUT2D eigenvalue weighted by Crippen LogP contribution is -2.33. The van der Waals surface area contributed by atoms with Crippen molar-refractivity contribution in [1.29, 1.82) is 0 Å². The number of hydrogen-bond donors (Lipinski definition) is 0. The van der Waals surface area contributed by atoms with Crippen molar-refractivity contribution in [2.75, 3.05) is 0 Å². The van der Waals surface area contributed by atoms with Crippen molar-refractivity contribution < 1.29 is 13.5 Å². The standard InChI is InChI=1S/C26H25F2N5O/c1-26(14-4-15-26)23(18-6-8-20(9-7-18)24-30-32-33(31-24)25(27)28)19-10-12-22(13-11-19)34-17-21-5-2-3-16-29-21/h2-3,5-13,16,23,25H,4,14-15,17H2,1H3. The van der Waals surface area contributed by atoms with Crippen LogP contribution in [0.5, 0.6) is 5.75 Å². The summed E-state index contributed by atoms with van der Waals surface area (Å²) < 4.78 is 31.5. The van der Waals surface area contributed by atoms with Gasteiger partial charge in [-0.05, 0) is 58.9 Å². The fraction of sp³-hybridized carbons (Fsp3) is 0.308. The van der Waals surface area contributed by atoms with Crippen molar-refractivity contribution >= 4 is 0 Å². The van der Waals surface area contributed by atoms with Crippen molar-refractivity contribution in [2.24, 2.45) is 5.41 Å². The average molecular weight is 462 g/mol. The maximum atomic E-state index is 12.8. The average Bonchev–Trinajstić information content (AvgIpc) is 3.35. The minimum atomic E-state index is -2.81. The Kier molecular flexibility index (Phi) is 6.04. The van der Waals surface area contributed by atoms with Crippen LogP contribution in [0.1, 0.15) is 55.5 Å². The third kappa shape index (κ3) is 4.53. The molecule has 1 atom stereocenters. The Labute approximate surface area is 196 Å². The Balaban J connectivity index is 1.36. The van der Waals surface area contributed by atoms with Crippen LogP contribution in [0, 0.1) is 5.41 Å². The summed E-state index contributed by atoms with van der Waals surface area (Å²) in [6.45, 7) is -0.0528. The lowest BCUT2D eigenvalue weighted by atomic mass is 9.59. The lowest BCUT2D eigenvalue weighted by Gasteiger charge is -2.46. The third-order valence-electron chi connectivity index (χ3n) is 6.62. The van der Waals surface area contributed by atoms with Gasteiger partial charge < -0.3 is 4.74 Å². The van der Waals surface area contributed by atoms with Crippen molar-refractivity contribution in [2.45, 2.75) is 45.3 Å². The minimum absolute atomic E-state index is 0.162. The van der Waals surface area contributed by atoms with Crippen LogP contribution in [-0.4, -0.2) is 25.2 Å². The van der Waals surface area contributed by atoms with Crippen LogP contribution in [0.4, 0.5) is 8.78 Å². The van der Waals surface area contributed by atoms with E-state index in [1.165, 1.54) is 17.5 Å². The van der Waals surface area contributed by atoms with Crippen molar-refractivity contribution in [3.8, 4) is 17.1 Å². The summed E-state index contributed by atoms with van der Waals surface area (Å²) in [5, 5.41) is 10.9. The van der Waals surface area contributed by atoms with Crippen LogP contribution < -0.4 is 4.74 Å². The summed E-state index contributed by atoms with van der Waals surface area (Å²) in [5.41, 5.74) is 4.10. The Bertz CT molecular complexity index is 1220. The molecule has 1 unspecified atom stereocenters. The zero-order valence-corrected chi connectivity index (χ0v) is 18.8. The minimum Gasteiger partial charge on any atom is -0.487 e. The Morgan fingerprint density at radius 2 is 1.68 bits per heavy atom. The zero-order valence-electron chi connectivity index (χ0n) is 18.8. The van der Waals surface area contributed by atoms with E-state index in [-0.39, 0.29) is 17.2 Å². The Morgan fingerprint density at radius 3 is 2.24 bits per heavy atom. The van der Waals surface area contributed by atoms with E-state index in [1.807, 2.05) is 54.6 Å².